The van der Waals surface area contributed by atoms with Crippen LogP contribution in [0, 0.1) is 5.41 Å². The first-order valence-corrected chi connectivity index (χ1v) is 4.48. The van der Waals surface area contributed by atoms with Crippen molar-refractivity contribution >= 4 is 11.6 Å². The molecule has 4 heteroatoms. The fourth-order valence-corrected chi connectivity index (χ4v) is 1.11. The van der Waals surface area contributed by atoms with Crippen molar-refractivity contribution in [1.82, 2.24) is 15.0 Å². The maximum Gasteiger partial charge on any atom is 0.0832 e. The smallest absolute Gasteiger partial charge is 0.0832 e. The Bertz CT molecular complexity index is 255. The minimum atomic E-state index is 0.109. The molecule has 0 amide bonds. The molecular weight excluding hydrogens is 174 g/mol. The summed E-state index contributed by atoms with van der Waals surface area (Å²) in [5.41, 5.74) is 1.11. The van der Waals surface area contributed by atoms with Gasteiger partial charge in [0.2, 0.25) is 0 Å². The summed E-state index contributed by atoms with van der Waals surface area (Å²) >= 11 is 5.79. The molecule has 1 aromatic heterocycles. The Morgan fingerprint density at radius 1 is 1.58 bits per heavy atom. The minimum Gasteiger partial charge on any atom is -0.255 e. The van der Waals surface area contributed by atoms with E-state index in [9.17, 15) is 0 Å². The van der Waals surface area contributed by atoms with E-state index < -0.39 is 0 Å². The standard InChI is InChI=1S/C8H14ClN3/c1-8(2,6-9)4-7-5-12(3)11-10-7/h5H,4,6H2,1-3H3. The zero-order valence-electron chi connectivity index (χ0n) is 7.71. The number of alkyl halides is 1. The van der Waals surface area contributed by atoms with Crippen molar-refractivity contribution in [3.63, 3.8) is 0 Å². The van der Waals surface area contributed by atoms with Gasteiger partial charge >= 0.3 is 0 Å². The largest absolute Gasteiger partial charge is 0.255 e. The monoisotopic (exact) mass is 187 g/mol. The molecule has 0 atom stereocenters. The molecule has 0 saturated heterocycles. The lowest BCUT2D eigenvalue weighted by Crippen LogP contribution is -2.16. The fraction of sp³-hybridized carbons (Fsp3) is 0.750. The third kappa shape index (κ3) is 2.48. The van der Waals surface area contributed by atoms with E-state index in [0.29, 0.717) is 5.88 Å². The highest BCUT2D eigenvalue weighted by Gasteiger charge is 2.18. The lowest BCUT2D eigenvalue weighted by atomic mass is 9.90. The normalized spacial score (nSPS) is 12.0. The van der Waals surface area contributed by atoms with Crippen LogP contribution in [0.1, 0.15) is 19.5 Å². The lowest BCUT2D eigenvalue weighted by Gasteiger charge is -2.18. The summed E-state index contributed by atoms with van der Waals surface area (Å²) in [7, 11) is 1.87. The molecule has 0 aromatic carbocycles. The van der Waals surface area contributed by atoms with E-state index in [1.54, 1.807) is 4.68 Å². The molecule has 12 heavy (non-hydrogen) atoms. The van der Waals surface area contributed by atoms with Gasteiger partial charge in [-0.25, -0.2) is 0 Å². The van der Waals surface area contributed by atoms with Crippen LogP contribution >= 0.6 is 11.6 Å². The molecule has 0 saturated carbocycles. The summed E-state index contributed by atoms with van der Waals surface area (Å²) in [5, 5.41) is 7.86. The molecule has 3 nitrogen and oxygen atoms in total. The highest BCUT2D eigenvalue weighted by atomic mass is 35.5. The van der Waals surface area contributed by atoms with Crippen molar-refractivity contribution in [3.05, 3.63) is 11.9 Å². The van der Waals surface area contributed by atoms with E-state index in [1.165, 1.54) is 0 Å². The van der Waals surface area contributed by atoms with E-state index in [0.717, 1.165) is 12.1 Å². The van der Waals surface area contributed by atoms with Gasteiger partial charge in [0.05, 0.1) is 5.69 Å². The maximum atomic E-state index is 5.79. The average Bonchev–Trinajstić information content (AvgIpc) is 2.35. The Hall–Kier alpha value is -0.570. The molecule has 0 aliphatic carbocycles. The molecule has 0 aliphatic heterocycles. The van der Waals surface area contributed by atoms with Crippen molar-refractivity contribution < 1.29 is 0 Å². The second-order valence-corrected chi connectivity index (χ2v) is 4.13. The maximum absolute atomic E-state index is 5.79. The van der Waals surface area contributed by atoms with Crippen LogP contribution in [0.5, 0.6) is 0 Å². The van der Waals surface area contributed by atoms with E-state index in [2.05, 4.69) is 24.2 Å². The zero-order valence-corrected chi connectivity index (χ0v) is 8.47. The molecule has 1 rings (SSSR count). The summed E-state index contributed by atoms with van der Waals surface area (Å²) in [6.07, 6.45) is 2.80. The van der Waals surface area contributed by atoms with Gasteiger partial charge < -0.3 is 0 Å². The molecular formula is C8H14ClN3. The third-order valence-electron chi connectivity index (χ3n) is 1.67. The first kappa shape index (κ1) is 9.52. The van der Waals surface area contributed by atoms with Gasteiger partial charge in [-0.2, -0.15) is 0 Å². The topological polar surface area (TPSA) is 30.7 Å². The van der Waals surface area contributed by atoms with Crippen molar-refractivity contribution in [2.45, 2.75) is 20.3 Å². The van der Waals surface area contributed by atoms with Crippen LogP contribution in [0.2, 0.25) is 0 Å². The zero-order chi connectivity index (χ0) is 9.19. The van der Waals surface area contributed by atoms with Crippen LogP contribution in [0.4, 0.5) is 0 Å². The van der Waals surface area contributed by atoms with Gasteiger partial charge in [-0.1, -0.05) is 19.1 Å². The molecule has 0 aliphatic rings. The Morgan fingerprint density at radius 3 is 2.67 bits per heavy atom. The molecule has 0 fully saturated rings. The first-order valence-electron chi connectivity index (χ1n) is 3.95. The van der Waals surface area contributed by atoms with Crippen molar-refractivity contribution in [3.8, 4) is 0 Å². The Balaban J connectivity index is 2.63. The SMILES string of the molecule is Cn1cc(CC(C)(C)CCl)nn1. The lowest BCUT2D eigenvalue weighted by molar-refractivity contribution is 0.413. The van der Waals surface area contributed by atoms with E-state index >= 15 is 0 Å². The Labute approximate surface area is 77.7 Å². The predicted octanol–water partition coefficient (Wildman–Crippen LogP) is 1.62. The number of hydrogen-bond donors (Lipinski definition) is 0. The van der Waals surface area contributed by atoms with Crippen molar-refractivity contribution in [2.75, 3.05) is 5.88 Å². The van der Waals surface area contributed by atoms with E-state index in [4.69, 9.17) is 11.6 Å². The van der Waals surface area contributed by atoms with Gasteiger partial charge in [-0.05, 0) is 11.8 Å². The summed E-state index contributed by atoms with van der Waals surface area (Å²) < 4.78 is 1.71. The van der Waals surface area contributed by atoms with Gasteiger partial charge in [-0.3, -0.25) is 4.68 Å². The average molecular weight is 188 g/mol. The minimum absolute atomic E-state index is 0.109. The summed E-state index contributed by atoms with van der Waals surface area (Å²) in [6, 6.07) is 0. The van der Waals surface area contributed by atoms with E-state index in [1.807, 2.05) is 13.2 Å². The van der Waals surface area contributed by atoms with Crippen LogP contribution in [0.25, 0.3) is 0 Å². The van der Waals surface area contributed by atoms with Crippen LogP contribution in [0.3, 0.4) is 0 Å². The van der Waals surface area contributed by atoms with Crippen LogP contribution in [0.15, 0.2) is 6.20 Å². The number of hydrogen-bond acceptors (Lipinski definition) is 2. The van der Waals surface area contributed by atoms with Crippen LogP contribution in [-0.4, -0.2) is 20.9 Å². The number of aromatic nitrogens is 3. The van der Waals surface area contributed by atoms with Gasteiger partial charge in [0.1, 0.15) is 0 Å². The van der Waals surface area contributed by atoms with Gasteiger partial charge in [-0.15, -0.1) is 16.7 Å². The van der Waals surface area contributed by atoms with Crippen molar-refractivity contribution in [2.24, 2.45) is 12.5 Å². The molecule has 0 N–H and O–H groups in total. The van der Waals surface area contributed by atoms with Gasteiger partial charge in [0, 0.05) is 19.1 Å². The number of aryl methyl sites for hydroxylation is 1. The summed E-state index contributed by atoms with van der Waals surface area (Å²) in [4.78, 5) is 0. The summed E-state index contributed by atoms with van der Waals surface area (Å²) in [5.74, 6) is 0.642. The van der Waals surface area contributed by atoms with Crippen LogP contribution < -0.4 is 0 Å². The summed E-state index contributed by atoms with van der Waals surface area (Å²) in [6.45, 7) is 4.24. The first-order chi connectivity index (χ1) is 5.53. The van der Waals surface area contributed by atoms with Gasteiger partial charge in [0.15, 0.2) is 0 Å². The quantitative estimate of drug-likeness (QED) is 0.674. The fourth-order valence-electron chi connectivity index (χ4n) is 1.01. The third-order valence-corrected chi connectivity index (χ3v) is 2.40. The molecule has 1 aromatic rings. The predicted molar refractivity (Wildman–Crippen MR) is 49.2 cm³/mol. The van der Waals surface area contributed by atoms with E-state index in [-0.39, 0.29) is 5.41 Å². The molecule has 0 unspecified atom stereocenters. The van der Waals surface area contributed by atoms with Crippen molar-refractivity contribution in [1.29, 1.82) is 0 Å². The number of halogens is 1. The molecule has 0 spiro atoms. The molecule has 1 heterocycles. The second kappa shape index (κ2) is 3.44. The highest BCUT2D eigenvalue weighted by molar-refractivity contribution is 6.18. The molecule has 68 valence electrons. The second-order valence-electron chi connectivity index (χ2n) is 3.86. The number of nitrogens with zero attached hydrogens (tertiary/aromatic N) is 3. The molecule has 0 bridgehead atoms. The van der Waals surface area contributed by atoms with Crippen LogP contribution in [-0.2, 0) is 13.5 Å². The Morgan fingerprint density at radius 2 is 2.25 bits per heavy atom. The number of rotatable bonds is 3. The molecule has 0 radical (unpaired) electrons. The highest BCUT2D eigenvalue weighted by Crippen LogP contribution is 2.21. The van der Waals surface area contributed by atoms with Gasteiger partial charge in [0.25, 0.3) is 0 Å². The Kier molecular flexibility index (Phi) is 2.73.